The number of nitrogens with zero attached hydrogens (tertiary/aromatic N) is 3. The van der Waals surface area contributed by atoms with Gasteiger partial charge in [-0.25, -0.2) is 8.42 Å². The Kier molecular flexibility index (Phi) is 9.97. The summed E-state index contributed by atoms with van der Waals surface area (Å²) < 4.78 is 38.5. The molecular weight excluding hydrogens is 605 g/mol. The summed E-state index contributed by atoms with van der Waals surface area (Å²) in [5.41, 5.74) is 1.46. The second-order valence-electron chi connectivity index (χ2n) is 11.8. The van der Waals surface area contributed by atoms with Crippen LogP contribution in [0.4, 0.5) is 0 Å². The molecule has 3 rings (SSSR count). The summed E-state index contributed by atoms with van der Waals surface area (Å²) in [7, 11) is -0.311. The minimum absolute atomic E-state index is 0.0504. The zero-order valence-electron chi connectivity index (χ0n) is 23.5. The fraction of sp³-hybridized carbons (Fsp3) is 0.741. The Morgan fingerprint density at radius 1 is 1.16 bits per heavy atom. The molecule has 1 amide bonds. The van der Waals surface area contributed by atoms with Gasteiger partial charge in [-0.3, -0.25) is 4.79 Å². The molecule has 0 unspecified atom stereocenters. The molecule has 1 aromatic rings. The molecule has 210 valence electrons. The normalized spacial score (nSPS) is 23.8. The second-order valence-corrected chi connectivity index (χ2v) is 14.2. The molecule has 1 aliphatic heterocycles. The first-order valence-corrected chi connectivity index (χ1v) is 15.5. The number of halogens is 1. The van der Waals surface area contributed by atoms with Gasteiger partial charge in [0.25, 0.3) is 0 Å². The van der Waals surface area contributed by atoms with Gasteiger partial charge in [0.05, 0.1) is 11.5 Å². The number of carbonyl (C=O) groups is 1. The van der Waals surface area contributed by atoms with Crippen molar-refractivity contribution in [1.29, 1.82) is 0 Å². The lowest BCUT2D eigenvalue weighted by Gasteiger charge is -2.46. The van der Waals surface area contributed by atoms with Gasteiger partial charge < -0.3 is 17.6 Å². The summed E-state index contributed by atoms with van der Waals surface area (Å²) in [6.45, 7) is 15.1. The summed E-state index contributed by atoms with van der Waals surface area (Å²) in [5.74, 6) is 1.19. The number of carbonyl (C=O) groups excluding carboxylic acids is 1. The van der Waals surface area contributed by atoms with E-state index >= 15 is 0 Å². The predicted octanol–water partition coefficient (Wildman–Crippen LogP) is 4.28. The largest absolute Gasteiger partial charge is 0.428 e. The van der Waals surface area contributed by atoms with Crippen LogP contribution in [0, 0.1) is 30.6 Å². The summed E-state index contributed by atoms with van der Waals surface area (Å²) in [6, 6.07) is 3.43. The van der Waals surface area contributed by atoms with Crippen molar-refractivity contribution in [3.05, 3.63) is 23.3 Å². The molecule has 2 fully saturated rings. The highest BCUT2D eigenvalue weighted by Gasteiger charge is 2.52. The van der Waals surface area contributed by atoms with Crippen LogP contribution in [-0.4, -0.2) is 88.5 Å². The molecule has 0 radical (unpaired) electrons. The molecular formula is C27H44IN3O5S. The molecule has 0 aromatic heterocycles. The monoisotopic (exact) mass is 649 g/mol. The van der Waals surface area contributed by atoms with E-state index in [0.717, 1.165) is 13.0 Å². The van der Waals surface area contributed by atoms with Crippen LogP contribution in [0.25, 0.3) is 0 Å². The number of benzene rings is 1. The molecule has 1 aliphatic carbocycles. The van der Waals surface area contributed by atoms with Crippen molar-refractivity contribution in [2.75, 3.05) is 60.0 Å². The smallest absolute Gasteiger partial charge is 0.248 e. The van der Waals surface area contributed by atoms with E-state index in [1.807, 2.05) is 7.05 Å². The van der Waals surface area contributed by atoms with Crippen molar-refractivity contribution in [2.24, 2.45) is 16.7 Å². The second kappa shape index (κ2) is 12.1. The Morgan fingerprint density at radius 3 is 2.32 bits per heavy atom. The third kappa shape index (κ3) is 6.62. The number of sulfonamides is 1. The van der Waals surface area contributed by atoms with Crippen molar-refractivity contribution >= 4 is 38.9 Å². The van der Waals surface area contributed by atoms with Gasteiger partial charge in [-0.05, 0) is 86.2 Å². The van der Waals surface area contributed by atoms with Gasteiger partial charge >= 0.3 is 0 Å². The molecule has 10 heteroatoms. The lowest BCUT2D eigenvalue weighted by molar-refractivity contribution is -0.137. The van der Waals surface area contributed by atoms with Crippen LogP contribution in [0.2, 0.25) is 0 Å². The quantitative estimate of drug-likeness (QED) is 0.249. The molecule has 2 atom stereocenters. The summed E-state index contributed by atoms with van der Waals surface area (Å²) in [6.07, 6.45) is 3.62. The summed E-state index contributed by atoms with van der Waals surface area (Å²) in [4.78, 5) is 17.5. The van der Waals surface area contributed by atoms with E-state index in [1.165, 1.54) is 37.3 Å². The minimum atomic E-state index is -3.69. The predicted molar refractivity (Wildman–Crippen MR) is 155 cm³/mol. The van der Waals surface area contributed by atoms with Crippen LogP contribution in [0.3, 0.4) is 0 Å². The van der Waals surface area contributed by atoms with Gasteiger partial charge in [0, 0.05) is 33.7 Å². The lowest BCUT2D eigenvalue weighted by atomic mass is 9.65. The summed E-state index contributed by atoms with van der Waals surface area (Å²) in [5, 5.41) is 0. The number of aryl methyl sites for hydroxylation is 2. The number of rotatable bonds is 12. The third-order valence-electron chi connectivity index (χ3n) is 9.03. The molecule has 8 nitrogen and oxygen atoms in total. The van der Waals surface area contributed by atoms with Crippen LogP contribution in [0.5, 0.6) is 5.75 Å². The maximum Gasteiger partial charge on any atom is 0.248 e. The van der Waals surface area contributed by atoms with Crippen LogP contribution < -0.4 is 3.07 Å². The van der Waals surface area contributed by atoms with Crippen molar-refractivity contribution in [2.45, 2.75) is 58.8 Å². The van der Waals surface area contributed by atoms with Gasteiger partial charge in [0.15, 0.2) is 23.0 Å². The fourth-order valence-corrected chi connectivity index (χ4v) is 7.67. The number of hydrogen-bond donors (Lipinski definition) is 0. The van der Waals surface area contributed by atoms with Gasteiger partial charge in [-0.1, -0.05) is 20.8 Å². The number of amides is 1. The van der Waals surface area contributed by atoms with Crippen molar-refractivity contribution in [1.82, 2.24) is 14.1 Å². The topological polar surface area (TPSA) is 79.4 Å². The minimum Gasteiger partial charge on any atom is -0.428 e. The SMILES string of the molecule is Cc1cc(OI)cc(C)c1S(=O)(=O)N(C)CCOCC(=O)N(C)C[C@]1(C)CC[C@H](CN2CCC2)C1(C)C. The Hall–Kier alpha value is -0.950. The Labute approximate surface area is 237 Å². The number of likely N-dealkylation sites (tertiary alicyclic amines) is 1. The third-order valence-corrected chi connectivity index (χ3v) is 11.7. The molecule has 2 aliphatic rings. The first kappa shape index (κ1) is 30.6. The van der Waals surface area contributed by atoms with Crippen LogP contribution >= 0.6 is 23.0 Å². The van der Waals surface area contributed by atoms with E-state index < -0.39 is 10.0 Å². The Morgan fingerprint density at radius 2 is 1.78 bits per heavy atom. The van der Waals surface area contributed by atoms with E-state index in [2.05, 4.69) is 25.7 Å². The number of ether oxygens (including phenoxy) is 1. The lowest BCUT2D eigenvalue weighted by Crippen LogP contribution is -2.48. The van der Waals surface area contributed by atoms with E-state index in [9.17, 15) is 13.2 Å². The molecule has 1 saturated carbocycles. The van der Waals surface area contributed by atoms with E-state index in [-0.39, 0.29) is 41.4 Å². The van der Waals surface area contributed by atoms with Crippen molar-refractivity contribution < 1.29 is 21.0 Å². The first-order valence-electron chi connectivity index (χ1n) is 13.1. The van der Waals surface area contributed by atoms with E-state index in [1.54, 1.807) is 53.9 Å². The maximum absolute atomic E-state index is 13.2. The molecule has 1 aromatic carbocycles. The van der Waals surface area contributed by atoms with E-state index in [4.69, 9.17) is 7.80 Å². The van der Waals surface area contributed by atoms with Crippen LogP contribution in [0.15, 0.2) is 17.0 Å². The Bertz CT molecular complexity index is 1050. The average Bonchev–Trinajstić information content (AvgIpc) is 3.00. The number of likely N-dealkylation sites (N-methyl/N-ethyl adjacent to an activating group) is 2. The van der Waals surface area contributed by atoms with Gasteiger partial charge in [-0.2, -0.15) is 4.31 Å². The molecule has 37 heavy (non-hydrogen) atoms. The van der Waals surface area contributed by atoms with Gasteiger partial charge in [0.1, 0.15) is 12.4 Å². The zero-order valence-corrected chi connectivity index (χ0v) is 26.4. The van der Waals surface area contributed by atoms with Gasteiger partial charge in [-0.15, -0.1) is 0 Å². The number of hydrogen-bond acceptors (Lipinski definition) is 6. The molecule has 0 N–H and O–H groups in total. The molecule has 0 bridgehead atoms. The molecule has 1 saturated heterocycles. The van der Waals surface area contributed by atoms with Crippen LogP contribution in [-0.2, 0) is 19.6 Å². The van der Waals surface area contributed by atoms with Crippen LogP contribution in [0.1, 0.15) is 51.2 Å². The highest BCUT2D eigenvalue weighted by molar-refractivity contribution is 14.1. The molecule has 1 heterocycles. The zero-order chi connectivity index (χ0) is 27.6. The van der Waals surface area contributed by atoms with Crippen molar-refractivity contribution in [3.63, 3.8) is 0 Å². The van der Waals surface area contributed by atoms with E-state index in [0.29, 0.717) is 29.3 Å². The summed E-state index contributed by atoms with van der Waals surface area (Å²) >= 11 is 1.78. The standard InChI is InChI=1S/C27H44IN3O5S/c1-20-15-23(36-28)16-21(2)25(20)37(33,34)30(7)13-14-35-18-24(32)29(6)19-27(5)10-9-22(26(27,3)4)17-31-11-8-12-31/h15-16,22H,8-14,17-19H2,1-7H3/t22-,27+/m1/s1. The fourth-order valence-electron chi connectivity index (χ4n) is 5.86. The highest BCUT2D eigenvalue weighted by atomic mass is 127. The highest BCUT2D eigenvalue weighted by Crippen LogP contribution is 2.56. The van der Waals surface area contributed by atoms with Gasteiger partial charge in [0.2, 0.25) is 15.9 Å². The first-order chi connectivity index (χ1) is 17.2. The maximum atomic E-state index is 13.2. The molecule has 0 spiro atoms. The average molecular weight is 650 g/mol. The van der Waals surface area contributed by atoms with Crippen molar-refractivity contribution in [3.8, 4) is 5.75 Å². The Balaban J connectivity index is 1.49.